The van der Waals surface area contributed by atoms with E-state index in [0.29, 0.717) is 6.04 Å². The average molecular weight is 380 g/mol. The van der Waals surface area contributed by atoms with Gasteiger partial charge in [0, 0.05) is 56.9 Å². The predicted molar refractivity (Wildman–Crippen MR) is 110 cm³/mol. The highest BCUT2D eigenvalue weighted by Crippen LogP contribution is 2.21. The summed E-state index contributed by atoms with van der Waals surface area (Å²) in [6.07, 6.45) is 0.751. The molecule has 28 heavy (non-hydrogen) atoms. The Morgan fingerprint density at radius 1 is 1.11 bits per heavy atom. The third kappa shape index (κ3) is 3.67. The van der Waals surface area contributed by atoms with Crippen molar-refractivity contribution in [2.45, 2.75) is 39.8 Å². The molecular weight excluding hydrogens is 350 g/mol. The summed E-state index contributed by atoms with van der Waals surface area (Å²) in [6.45, 7) is 10.3. The van der Waals surface area contributed by atoms with Gasteiger partial charge in [0.05, 0.1) is 5.69 Å². The maximum atomic E-state index is 4.51. The van der Waals surface area contributed by atoms with Gasteiger partial charge >= 0.3 is 0 Å². The normalized spacial score (nSPS) is 18.0. The molecule has 1 N–H and O–H groups in total. The Morgan fingerprint density at radius 3 is 2.57 bits per heavy atom. The Kier molecular flexibility index (Phi) is 5.17. The molecule has 2 aromatic heterocycles. The summed E-state index contributed by atoms with van der Waals surface area (Å²) in [4.78, 5) is 4.90. The van der Waals surface area contributed by atoms with Crippen LogP contribution in [0.25, 0.3) is 0 Å². The van der Waals surface area contributed by atoms with Gasteiger partial charge < -0.3 is 9.47 Å². The Bertz CT molecular complexity index is 908. The molecule has 7 nitrogen and oxygen atoms in total. The second-order valence-electron chi connectivity index (χ2n) is 7.82. The second-order valence-corrected chi connectivity index (χ2v) is 7.82. The molecule has 1 unspecified atom stereocenters. The van der Waals surface area contributed by atoms with E-state index >= 15 is 0 Å². The number of H-pyrrole nitrogens is 1. The smallest absolute Gasteiger partial charge is 0.227 e. The van der Waals surface area contributed by atoms with Crippen LogP contribution >= 0.6 is 0 Å². The molecule has 1 atom stereocenters. The Labute approximate surface area is 166 Å². The van der Waals surface area contributed by atoms with Gasteiger partial charge in [0.1, 0.15) is 5.82 Å². The Balaban J connectivity index is 1.44. The van der Waals surface area contributed by atoms with Gasteiger partial charge in [-0.15, -0.1) is 10.2 Å². The van der Waals surface area contributed by atoms with E-state index in [4.69, 9.17) is 0 Å². The molecule has 1 aromatic carbocycles. The van der Waals surface area contributed by atoms with E-state index in [1.54, 1.807) is 0 Å². The Hall–Kier alpha value is -2.67. The van der Waals surface area contributed by atoms with E-state index in [1.165, 1.54) is 11.1 Å². The highest BCUT2D eigenvalue weighted by molar-refractivity contribution is 5.35. The van der Waals surface area contributed by atoms with E-state index in [2.05, 4.69) is 86.0 Å². The van der Waals surface area contributed by atoms with Crippen molar-refractivity contribution in [3.63, 3.8) is 0 Å². The van der Waals surface area contributed by atoms with Crippen LogP contribution in [0.2, 0.25) is 0 Å². The van der Waals surface area contributed by atoms with Crippen LogP contribution in [0.1, 0.15) is 35.3 Å². The fourth-order valence-corrected chi connectivity index (χ4v) is 4.00. The molecule has 4 rings (SSSR count). The molecule has 7 heteroatoms. The standard InChI is InChI=1S/C21H29N7/c1-15-13-28(11-10-27(15)14-18-8-6-5-7-9-18)21-25-24-20(26(21)4)12-19-16(2)22-23-17(19)3/h5-9,15H,10-14H2,1-4H3,(H,22,23). The number of benzene rings is 1. The van der Waals surface area contributed by atoms with Crippen LogP contribution in [-0.2, 0) is 20.0 Å². The van der Waals surface area contributed by atoms with Crippen molar-refractivity contribution < 1.29 is 0 Å². The van der Waals surface area contributed by atoms with Gasteiger partial charge in [-0.2, -0.15) is 5.10 Å². The zero-order valence-electron chi connectivity index (χ0n) is 17.2. The van der Waals surface area contributed by atoms with Crippen LogP contribution in [0.3, 0.4) is 0 Å². The van der Waals surface area contributed by atoms with Gasteiger partial charge in [-0.05, 0) is 26.3 Å². The highest BCUT2D eigenvalue weighted by Gasteiger charge is 2.27. The third-order valence-corrected chi connectivity index (χ3v) is 5.83. The summed E-state index contributed by atoms with van der Waals surface area (Å²) in [6, 6.07) is 11.2. The number of aromatic nitrogens is 5. The molecule has 3 aromatic rings. The van der Waals surface area contributed by atoms with E-state index in [1.807, 2.05) is 6.92 Å². The van der Waals surface area contributed by atoms with E-state index < -0.39 is 0 Å². The lowest BCUT2D eigenvalue weighted by Crippen LogP contribution is -2.52. The quantitative estimate of drug-likeness (QED) is 0.738. The molecule has 0 spiro atoms. The first kappa shape index (κ1) is 18.7. The molecular formula is C21H29N7. The largest absolute Gasteiger partial charge is 0.338 e. The number of hydrogen-bond acceptors (Lipinski definition) is 5. The molecule has 1 aliphatic rings. The molecule has 1 fully saturated rings. The van der Waals surface area contributed by atoms with Crippen LogP contribution in [0.5, 0.6) is 0 Å². The van der Waals surface area contributed by atoms with Gasteiger partial charge in [0.2, 0.25) is 5.95 Å². The molecule has 1 saturated heterocycles. The first-order chi connectivity index (χ1) is 13.5. The zero-order chi connectivity index (χ0) is 19.7. The van der Waals surface area contributed by atoms with Crippen molar-refractivity contribution in [1.29, 1.82) is 0 Å². The lowest BCUT2D eigenvalue weighted by Gasteiger charge is -2.40. The van der Waals surface area contributed by atoms with Crippen LogP contribution in [-0.4, -0.2) is 55.5 Å². The third-order valence-electron chi connectivity index (χ3n) is 5.83. The molecule has 0 aliphatic carbocycles. The zero-order valence-corrected chi connectivity index (χ0v) is 17.2. The van der Waals surface area contributed by atoms with Crippen molar-refractivity contribution in [3.8, 4) is 0 Å². The number of aryl methyl sites for hydroxylation is 2. The molecule has 1 aliphatic heterocycles. The van der Waals surface area contributed by atoms with E-state index in [-0.39, 0.29) is 0 Å². The number of aromatic amines is 1. The van der Waals surface area contributed by atoms with Crippen LogP contribution in [0, 0.1) is 13.8 Å². The van der Waals surface area contributed by atoms with Gasteiger partial charge in [0.15, 0.2) is 0 Å². The molecule has 0 bridgehead atoms. The fourth-order valence-electron chi connectivity index (χ4n) is 4.00. The number of nitrogens with zero attached hydrogens (tertiary/aromatic N) is 6. The van der Waals surface area contributed by atoms with Gasteiger partial charge in [-0.1, -0.05) is 30.3 Å². The predicted octanol–water partition coefficient (Wildman–Crippen LogP) is 2.46. The number of hydrogen-bond donors (Lipinski definition) is 1. The fraction of sp³-hybridized carbons (Fsp3) is 0.476. The van der Waals surface area contributed by atoms with Crippen LogP contribution < -0.4 is 4.90 Å². The van der Waals surface area contributed by atoms with E-state index in [9.17, 15) is 0 Å². The van der Waals surface area contributed by atoms with Crippen molar-refractivity contribution >= 4 is 5.95 Å². The minimum absolute atomic E-state index is 0.465. The minimum atomic E-state index is 0.465. The van der Waals surface area contributed by atoms with Gasteiger partial charge in [0.25, 0.3) is 0 Å². The summed E-state index contributed by atoms with van der Waals surface area (Å²) in [5.74, 6) is 1.93. The average Bonchev–Trinajstić information content (AvgIpc) is 3.21. The first-order valence-corrected chi connectivity index (χ1v) is 9.94. The number of piperazine rings is 1. The number of anilines is 1. The number of rotatable bonds is 5. The lowest BCUT2D eigenvalue weighted by molar-refractivity contribution is 0.179. The summed E-state index contributed by atoms with van der Waals surface area (Å²) in [5.41, 5.74) is 4.72. The molecule has 0 radical (unpaired) electrons. The first-order valence-electron chi connectivity index (χ1n) is 9.94. The summed E-state index contributed by atoms with van der Waals surface area (Å²) in [7, 11) is 2.07. The van der Waals surface area contributed by atoms with Crippen molar-refractivity contribution in [2.75, 3.05) is 24.5 Å². The van der Waals surface area contributed by atoms with Crippen LogP contribution in [0.4, 0.5) is 5.95 Å². The monoisotopic (exact) mass is 379 g/mol. The Morgan fingerprint density at radius 2 is 1.89 bits per heavy atom. The molecule has 0 saturated carbocycles. The minimum Gasteiger partial charge on any atom is -0.338 e. The molecule has 3 heterocycles. The molecule has 148 valence electrons. The lowest BCUT2D eigenvalue weighted by atomic mass is 10.1. The second kappa shape index (κ2) is 7.75. The van der Waals surface area contributed by atoms with Crippen molar-refractivity contribution in [3.05, 3.63) is 58.7 Å². The number of nitrogens with one attached hydrogen (secondary N) is 1. The summed E-state index contributed by atoms with van der Waals surface area (Å²) < 4.78 is 2.13. The van der Waals surface area contributed by atoms with Gasteiger partial charge in [-0.3, -0.25) is 10.00 Å². The van der Waals surface area contributed by atoms with Gasteiger partial charge in [-0.25, -0.2) is 0 Å². The maximum Gasteiger partial charge on any atom is 0.227 e. The molecule has 0 amide bonds. The SMILES string of the molecule is Cc1n[nH]c(C)c1Cc1nnc(N2CCN(Cc3ccccc3)C(C)C2)n1C. The highest BCUT2D eigenvalue weighted by atomic mass is 15.4. The summed E-state index contributed by atoms with van der Waals surface area (Å²) >= 11 is 0. The summed E-state index contributed by atoms with van der Waals surface area (Å²) in [5, 5.41) is 16.3. The maximum absolute atomic E-state index is 4.51. The topological polar surface area (TPSA) is 65.9 Å². The van der Waals surface area contributed by atoms with Crippen LogP contribution in [0.15, 0.2) is 30.3 Å². The van der Waals surface area contributed by atoms with Crippen molar-refractivity contribution in [1.82, 2.24) is 29.9 Å². The van der Waals surface area contributed by atoms with Crippen molar-refractivity contribution in [2.24, 2.45) is 7.05 Å². The van der Waals surface area contributed by atoms with E-state index in [0.717, 1.165) is 55.8 Å².